The average molecular weight is 181 g/mol. The number of rotatable bonds is 2. The van der Waals surface area contributed by atoms with E-state index in [1.807, 2.05) is 19.9 Å². The molecular weight excluding hydrogens is 162 g/mol. The summed E-state index contributed by atoms with van der Waals surface area (Å²) in [5.41, 5.74) is 7.69. The molecule has 1 aromatic heterocycles. The number of anilines is 1. The molecule has 0 bridgehead atoms. The van der Waals surface area contributed by atoms with E-state index in [0.717, 1.165) is 24.1 Å². The van der Waals surface area contributed by atoms with Gasteiger partial charge in [0.05, 0.1) is 5.69 Å². The zero-order valence-electron chi connectivity index (χ0n) is 8.96. The minimum absolute atomic E-state index is 0.560. The number of hydrogen-bond acceptors (Lipinski definition) is 3. The van der Waals surface area contributed by atoms with Crippen LogP contribution in [0.1, 0.15) is 39.0 Å². The van der Waals surface area contributed by atoms with Gasteiger partial charge in [0.1, 0.15) is 5.82 Å². The molecule has 0 amide bonds. The lowest BCUT2D eigenvalue weighted by Gasteiger charge is -2.01. The van der Waals surface area contributed by atoms with E-state index in [0.29, 0.717) is 5.82 Å². The van der Waals surface area contributed by atoms with Crippen LogP contribution in [0.2, 0.25) is 0 Å². The molecule has 0 aliphatic heterocycles. The first-order chi connectivity index (χ1) is 6.27. The number of nitrogen functional groups attached to an aromatic ring is 1. The van der Waals surface area contributed by atoms with E-state index in [2.05, 4.69) is 24.0 Å². The lowest BCUT2D eigenvalue weighted by Crippen LogP contribution is -2.01. The normalized spacial score (nSPS) is 8.92. The molecule has 0 radical (unpaired) electrons. The van der Waals surface area contributed by atoms with Crippen LogP contribution in [0.4, 0.5) is 5.82 Å². The van der Waals surface area contributed by atoms with E-state index >= 15 is 0 Å². The second-order valence-corrected chi connectivity index (χ2v) is 2.45. The summed E-state index contributed by atoms with van der Waals surface area (Å²) < 4.78 is 0. The van der Waals surface area contributed by atoms with Gasteiger partial charge in [0.2, 0.25) is 0 Å². The van der Waals surface area contributed by atoms with Crippen LogP contribution in [0.5, 0.6) is 0 Å². The van der Waals surface area contributed by atoms with Crippen molar-refractivity contribution in [3.63, 3.8) is 0 Å². The van der Waals surface area contributed by atoms with Gasteiger partial charge in [-0.05, 0) is 24.5 Å². The first kappa shape index (κ1) is 11.9. The van der Waals surface area contributed by atoms with E-state index < -0.39 is 0 Å². The molecule has 1 aromatic rings. The smallest absolute Gasteiger partial charge is 0.149 e. The highest BCUT2D eigenvalue weighted by Gasteiger charge is 1.99. The summed E-state index contributed by atoms with van der Waals surface area (Å²) in [4.78, 5) is 0. The topological polar surface area (TPSA) is 51.8 Å². The monoisotopic (exact) mass is 181 g/mol. The molecule has 74 valence electrons. The van der Waals surface area contributed by atoms with Gasteiger partial charge in [-0.15, -0.1) is 5.10 Å². The maximum Gasteiger partial charge on any atom is 0.149 e. The van der Waals surface area contributed by atoms with Crippen molar-refractivity contribution in [2.75, 3.05) is 5.73 Å². The van der Waals surface area contributed by atoms with Crippen molar-refractivity contribution in [3.05, 3.63) is 17.3 Å². The second-order valence-electron chi connectivity index (χ2n) is 2.45. The van der Waals surface area contributed by atoms with Crippen molar-refractivity contribution < 1.29 is 0 Å². The lowest BCUT2D eigenvalue weighted by atomic mass is 10.2. The fourth-order valence-corrected chi connectivity index (χ4v) is 0.942. The van der Waals surface area contributed by atoms with Gasteiger partial charge in [-0.3, -0.25) is 0 Å². The summed E-state index contributed by atoms with van der Waals surface area (Å²) >= 11 is 0. The summed E-state index contributed by atoms with van der Waals surface area (Å²) in [5, 5.41) is 7.78. The predicted octanol–water partition coefficient (Wildman–Crippen LogP) is 2.21. The van der Waals surface area contributed by atoms with E-state index in [9.17, 15) is 0 Å². The van der Waals surface area contributed by atoms with Crippen LogP contribution in [-0.2, 0) is 12.8 Å². The quantitative estimate of drug-likeness (QED) is 0.761. The van der Waals surface area contributed by atoms with Gasteiger partial charge < -0.3 is 5.73 Å². The van der Waals surface area contributed by atoms with Crippen molar-refractivity contribution in [2.45, 2.75) is 40.5 Å². The summed E-state index contributed by atoms with van der Waals surface area (Å²) in [6.07, 6.45) is 1.84. The highest BCUT2D eigenvalue weighted by molar-refractivity contribution is 5.38. The van der Waals surface area contributed by atoms with Gasteiger partial charge in [-0.1, -0.05) is 27.7 Å². The van der Waals surface area contributed by atoms with Gasteiger partial charge in [0, 0.05) is 0 Å². The minimum atomic E-state index is 0.560. The van der Waals surface area contributed by atoms with E-state index in [1.54, 1.807) is 0 Å². The predicted molar refractivity (Wildman–Crippen MR) is 56.5 cm³/mol. The van der Waals surface area contributed by atoms with Crippen LogP contribution >= 0.6 is 0 Å². The summed E-state index contributed by atoms with van der Waals surface area (Å²) in [7, 11) is 0. The molecule has 0 atom stereocenters. The Kier molecular flexibility index (Phi) is 5.85. The third kappa shape index (κ3) is 3.40. The van der Waals surface area contributed by atoms with Gasteiger partial charge in [-0.25, -0.2) is 0 Å². The molecule has 0 aliphatic rings. The molecule has 3 heteroatoms. The van der Waals surface area contributed by atoms with Crippen LogP contribution in [0, 0.1) is 0 Å². The van der Waals surface area contributed by atoms with Crippen LogP contribution < -0.4 is 5.73 Å². The Balaban J connectivity index is 0.000000671. The van der Waals surface area contributed by atoms with Crippen LogP contribution in [0.3, 0.4) is 0 Å². The summed E-state index contributed by atoms with van der Waals surface area (Å²) in [5.74, 6) is 0.560. The number of nitrogens with zero attached hydrogens (tertiary/aromatic N) is 2. The Bertz CT molecular complexity index is 246. The molecule has 3 nitrogen and oxygen atoms in total. The number of aromatic nitrogens is 2. The molecule has 0 unspecified atom stereocenters. The van der Waals surface area contributed by atoms with Gasteiger partial charge in [0.15, 0.2) is 0 Å². The molecular formula is C10H19N3. The van der Waals surface area contributed by atoms with Crippen molar-refractivity contribution in [1.29, 1.82) is 0 Å². The second kappa shape index (κ2) is 6.40. The van der Waals surface area contributed by atoms with Crippen LogP contribution in [0.25, 0.3) is 0 Å². The summed E-state index contributed by atoms with van der Waals surface area (Å²) in [6, 6.07) is 2.02. The van der Waals surface area contributed by atoms with Gasteiger partial charge in [-0.2, -0.15) is 5.10 Å². The van der Waals surface area contributed by atoms with Crippen molar-refractivity contribution in [1.82, 2.24) is 10.2 Å². The number of aryl methyl sites for hydroxylation is 2. The summed E-state index contributed by atoms with van der Waals surface area (Å²) in [6.45, 7) is 8.12. The third-order valence-corrected chi connectivity index (χ3v) is 1.70. The maximum absolute atomic E-state index is 5.58. The van der Waals surface area contributed by atoms with Crippen LogP contribution in [0.15, 0.2) is 6.07 Å². The van der Waals surface area contributed by atoms with Gasteiger partial charge >= 0.3 is 0 Å². The highest BCUT2D eigenvalue weighted by atomic mass is 15.1. The van der Waals surface area contributed by atoms with E-state index in [4.69, 9.17) is 5.73 Å². The van der Waals surface area contributed by atoms with Crippen molar-refractivity contribution >= 4 is 5.82 Å². The Labute approximate surface area is 80.4 Å². The molecule has 0 aromatic carbocycles. The first-order valence-corrected chi connectivity index (χ1v) is 4.88. The van der Waals surface area contributed by atoms with Gasteiger partial charge in [0.25, 0.3) is 0 Å². The first-order valence-electron chi connectivity index (χ1n) is 4.88. The molecule has 0 saturated heterocycles. The van der Waals surface area contributed by atoms with Crippen molar-refractivity contribution in [3.8, 4) is 0 Å². The maximum atomic E-state index is 5.58. The highest BCUT2D eigenvalue weighted by Crippen LogP contribution is 2.08. The minimum Gasteiger partial charge on any atom is -0.382 e. The molecule has 0 spiro atoms. The molecule has 1 rings (SSSR count). The molecule has 1 heterocycles. The molecule has 0 fully saturated rings. The zero-order chi connectivity index (χ0) is 10.3. The SMILES string of the molecule is CC.CCc1cc(CC)c(N)nn1. The third-order valence-electron chi connectivity index (χ3n) is 1.70. The van der Waals surface area contributed by atoms with Crippen LogP contribution in [-0.4, -0.2) is 10.2 Å². The molecule has 0 saturated carbocycles. The molecule has 13 heavy (non-hydrogen) atoms. The number of nitrogens with two attached hydrogens (primary N) is 1. The fraction of sp³-hybridized carbons (Fsp3) is 0.600. The standard InChI is InChI=1S/C8H13N3.C2H6/c1-3-6-5-7(4-2)10-11-8(6)9;1-2/h5H,3-4H2,1-2H3,(H2,9,11);1-2H3. The Morgan fingerprint density at radius 2 is 1.77 bits per heavy atom. The fourth-order valence-electron chi connectivity index (χ4n) is 0.942. The lowest BCUT2D eigenvalue weighted by molar-refractivity contribution is 0.904. The zero-order valence-corrected chi connectivity index (χ0v) is 8.96. The van der Waals surface area contributed by atoms with Crippen molar-refractivity contribution in [2.24, 2.45) is 0 Å². The molecule has 2 N–H and O–H groups in total. The number of hydrogen-bond donors (Lipinski definition) is 1. The Hall–Kier alpha value is -1.12. The van der Waals surface area contributed by atoms with E-state index in [-0.39, 0.29) is 0 Å². The largest absolute Gasteiger partial charge is 0.382 e. The average Bonchev–Trinajstić information content (AvgIpc) is 2.22. The Morgan fingerprint density at radius 1 is 1.15 bits per heavy atom. The Morgan fingerprint density at radius 3 is 2.23 bits per heavy atom. The molecule has 0 aliphatic carbocycles. The van der Waals surface area contributed by atoms with E-state index in [1.165, 1.54) is 0 Å².